The molecular formula is C25H27F2N4O10P. The van der Waals surface area contributed by atoms with Crippen LogP contribution in [0.3, 0.4) is 0 Å². The van der Waals surface area contributed by atoms with Crippen molar-refractivity contribution in [2.75, 3.05) is 20.4 Å². The molecule has 0 aliphatic carbocycles. The zero-order valence-corrected chi connectivity index (χ0v) is 23.3. The maximum Gasteiger partial charge on any atom is 0.472 e. The molecule has 1 fully saturated rings. The molecule has 0 radical (unpaired) electrons. The number of carbonyl (C=O) groups excluding carboxylic acids is 2. The SMILES string of the molecule is COC1=NO[C@@]2(CC[C@H](C)N3C[C@H]2n2cc(C(=O)NCc4ccc(F)cc4F)c(=O)c(OCOP(=O)(O)O)c2C3=O)C1. The first-order valence-electron chi connectivity index (χ1n) is 12.8. The summed E-state index contributed by atoms with van der Waals surface area (Å²) in [4.78, 5) is 66.2. The average molecular weight is 612 g/mol. The number of ether oxygens (including phenoxy) is 2. The van der Waals surface area contributed by atoms with Crippen molar-refractivity contribution in [1.29, 1.82) is 0 Å². The summed E-state index contributed by atoms with van der Waals surface area (Å²) in [5.41, 5.74) is -2.98. The van der Waals surface area contributed by atoms with E-state index in [4.69, 9.17) is 24.1 Å². The van der Waals surface area contributed by atoms with Gasteiger partial charge in [0.05, 0.1) is 19.6 Å². The molecular weight excluding hydrogens is 585 g/mol. The van der Waals surface area contributed by atoms with Crippen LogP contribution in [0.1, 0.15) is 58.6 Å². The molecule has 14 nitrogen and oxygen atoms in total. The molecule has 3 N–H and O–H groups in total. The molecule has 0 unspecified atom stereocenters. The Bertz CT molecular complexity index is 1580. The van der Waals surface area contributed by atoms with E-state index in [0.717, 1.165) is 18.3 Å². The summed E-state index contributed by atoms with van der Waals surface area (Å²) in [5, 5.41) is 6.42. The minimum atomic E-state index is -5.03. The van der Waals surface area contributed by atoms with Crippen molar-refractivity contribution in [1.82, 2.24) is 14.8 Å². The molecule has 2 amide bonds. The summed E-state index contributed by atoms with van der Waals surface area (Å²) in [5.74, 6) is -3.70. The lowest BCUT2D eigenvalue weighted by Gasteiger charge is -2.42. The Kier molecular flexibility index (Phi) is 7.83. The Morgan fingerprint density at radius 3 is 2.74 bits per heavy atom. The smallest absolute Gasteiger partial charge is 0.472 e. The minimum Gasteiger partial charge on any atom is -0.482 e. The molecule has 1 aromatic heterocycles. The molecule has 42 heavy (non-hydrogen) atoms. The van der Waals surface area contributed by atoms with Crippen LogP contribution in [0, 0.1) is 11.6 Å². The standard InChI is InChI=1S/C25H27F2N4O10P/c1-13-5-6-25(8-19(38-2)29-41-25)18-11-30(13)24(34)20-22(39-12-40-42(35,36)37)21(32)16(10-31(18)20)23(33)28-9-14-3-4-15(26)7-17(14)27/h3-4,7,10,13,18H,5-6,8-9,11-12H2,1-2H3,(H,28,33)(H2,35,36,37)/t13-,18+,25-/m0/s1. The summed E-state index contributed by atoms with van der Waals surface area (Å²) in [6, 6.07) is 1.77. The van der Waals surface area contributed by atoms with Crippen molar-refractivity contribution in [2.24, 2.45) is 5.16 Å². The van der Waals surface area contributed by atoms with Gasteiger partial charge in [0.1, 0.15) is 17.2 Å². The van der Waals surface area contributed by atoms with Gasteiger partial charge >= 0.3 is 7.82 Å². The van der Waals surface area contributed by atoms with Crippen LogP contribution in [-0.4, -0.2) is 69.1 Å². The normalized spacial score (nSPS) is 23.1. The molecule has 0 saturated carbocycles. The number of benzene rings is 1. The van der Waals surface area contributed by atoms with E-state index in [-0.39, 0.29) is 30.3 Å². The lowest BCUT2D eigenvalue weighted by Crippen LogP contribution is -2.52. The predicted octanol–water partition coefficient (Wildman–Crippen LogP) is 1.80. The number of amides is 2. The topological polar surface area (TPSA) is 178 Å². The second kappa shape index (κ2) is 11.1. The fraction of sp³-hybridized carbons (Fsp3) is 0.440. The molecule has 2 bridgehead atoms. The zero-order valence-electron chi connectivity index (χ0n) is 22.4. The van der Waals surface area contributed by atoms with E-state index in [1.165, 1.54) is 16.6 Å². The van der Waals surface area contributed by atoms with Gasteiger partial charge in [-0.25, -0.2) is 17.9 Å². The molecule has 3 aliphatic rings. The third-order valence-electron chi connectivity index (χ3n) is 7.62. The number of nitrogens with zero attached hydrogens (tertiary/aromatic N) is 3. The van der Waals surface area contributed by atoms with Gasteiger partial charge in [-0.2, -0.15) is 0 Å². The maximum atomic E-state index is 14.2. The van der Waals surface area contributed by atoms with Crippen LogP contribution in [-0.2, 0) is 25.2 Å². The van der Waals surface area contributed by atoms with Gasteiger partial charge in [0.15, 0.2) is 17.0 Å². The number of fused-ring (bicyclic) bond motifs is 5. The number of carbonyl (C=O) groups is 2. The first-order valence-corrected chi connectivity index (χ1v) is 14.3. The Hall–Kier alpha value is -3.85. The fourth-order valence-electron chi connectivity index (χ4n) is 5.40. The van der Waals surface area contributed by atoms with E-state index in [9.17, 15) is 27.7 Å². The number of halogens is 2. The van der Waals surface area contributed by atoms with Crippen molar-refractivity contribution in [3.8, 4) is 5.75 Å². The fourth-order valence-corrected chi connectivity index (χ4v) is 5.59. The number of oxime groups is 1. The summed E-state index contributed by atoms with van der Waals surface area (Å²) in [7, 11) is -3.60. The van der Waals surface area contributed by atoms with Gasteiger partial charge in [0, 0.05) is 37.0 Å². The van der Waals surface area contributed by atoms with E-state index in [1.807, 2.05) is 6.92 Å². The molecule has 4 heterocycles. The number of hydrogen-bond donors (Lipinski definition) is 3. The number of aromatic nitrogens is 1. The highest BCUT2D eigenvalue weighted by Crippen LogP contribution is 2.46. The number of pyridine rings is 1. The molecule has 1 spiro atoms. The lowest BCUT2D eigenvalue weighted by atomic mass is 9.85. The van der Waals surface area contributed by atoms with Crippen molar-refractivity contribution >= 4 is 25.5 Å². The third-order valence-corrected chi connectivity index (χ3v) is 8.07. The monoisotopic (exact) mass is 612 g/mol. The number of rotatable bonds is 7. The number of hydrogen-bond acceptors (Lipinski definition) is 9. The molecule has 3 atom stereocenters. The Balaban J connectivity index is 1.60. The Labute approximate surface area is 237 Å². The van der Waals surface area contributed by atoms with E-state index in [1.54, 1.807) is 0 Å². The van der Waals surface area contributed by atoms with Crippen molar-refractivity contribution in [3.05, 3.63) is 63.1 Å². The maximum absolute atomic E-state index is 14.2. The molecule has 226 valence electrons. The minimum absolute atomic E-state index is 0.0551. The Morgan fingerprint density at radius 1 is 1.31 bits per heavy atom. The van der Waals surface area contributed by atoms with Gasteiger partial charge < -0.3 is 38.9 Å². The van der Waals surface area contributed by atoms with Gasteiger partial charge in [-0.15, -0.1) is 0 Å². The Morgan fingerprint density at radius 2 is 2.07 bits per heavy atom. The molecule has 3 aliphatic heterocycles. The second-order valence-corrected chi connectivity index (χ2v) is 11.4. The van der Waals surface area contributed by atoms with Crippen LogP contribution in [0.2, 0.25) is 0 Å². The molecule has 2 aromatic rings. The number of nitrogens with one attached hydrogen (secondary N) is 1. The van der Waals surface area contributed by atoms with Gasteiger partial charge in [-0.05, 0) is 25.8 Å². The van der Waals surface area contributed by atoms with Crippen LogP contribution in [0.4, 0.5) is 8.78 Å². The number of phosphoric acid groups is 1. The number of methoxy groups -OCH3 is 1. The molecule has 1 saturated heterocycles. The van der Waals surface area contributed by atoms with E-state index in [0.29, 0.717) is 24.8 Å². The van der Waals surface area contributed by atoms with E-state index in [2.05, 4.69) is 15.0 Å². The van der Waals surface area contributed by atoms with Crippen molar-refractivity contribution in [3.63, 3.8) is 0 Å². The molecule has 5 rings (SSSR count). The first kappa shape index (κ1) is 29.6. The van der Waals surface area contributed by atoms with Crippen LogP contribution in [0.5, 0.6) is 5.75 Å². The summed E-state index contributed by atoms with van der Waals surface area (Å²) < 4.78 is 55.0. The summed E-state index contributed by atoms with van der Waals surface area (Å²) in [6.45, 7) is 0.408. The lowest BCUT2D eigenvalue weighted by molar-refractivity contribution is -0.0657. The van der Waals surface area contributed by atoms with E-state index < -0.39 is 73.0 Å². The molecule has 17 heteroatoms. The third kappa shape index (κ3) is 5.50. The van der Waals surface area contributed by atoms with Crippen LogP contribution in [0.15, 0.2) is 34.3 Å². The zero-order chi connectivity index (χ0) is 30.4. The van der Waals surface area contributed by atoms with Crippen molar-refractivity contribution in [2.45, 2.75) is 50.4 Å². The van der Waals surface area contributed by atoms with Crippen LogP contribution < -0.4 is 15.5 Å². The van der Waals surface area contributed by atoms with Crippen molar-refractivity contribution < 1.29 is 51.6 Å². The first-order chi connectivity index (χ1) is 19.8. The summed E-state index contributed by atoms with van der Waals surface area (Å²) >= 11 is 0. The summed E-state index contributed by atoms with van der Waals surface area (Å²) in [6.07, 6.45) is 2.31. The van der Waals surface area contributed by atoms with Crippen LogP contribution in [0.25, 0.3) is 0 Å². The quantitative estimate of drug-likeness (QED) is 0.309. The van der Waals surface area contributed by atoms with E-state index >= 15 is 0 Å². The highest BCUT2D eigenvalue weighted by Gasteiger charge is 2.55. The van der Waals surface area contributed by atoms with Crippen LogP contribution >= 0.6 is 7.82 Å². The average Bonchev–Trinajstić information content (AvgIpc) is 3.31. The second-order valence-electron chi connectivity index (χ2n) is 10.1. The van der Waals surface area contributed by atoms with Gasteiger partial charge in [0.2, 0.25) is 18.1 Å². The van der Waals surface area contributed by atoms with Gasteiger partial charge in [-0.3, -0.25) is 14.4 Å². The molecule has 1 aromatic carbocycles. The number of phosphoric ester groups is 1. The highest BCUT2D eigenvalue weighted by atomic mass is 31.2. The highest BCUT2D eigenvalue weighted by molar-refractivity contribution is 7.46. The van der Waals surface area contributed by atoms with Gasteiger partial charge in [-0.1, -0.05) is 11.2 Å². The predicted molar refractivity (Wildman–Crippen MR) is 139 cm³/mol. The largest absolute Gasteiger partial charge is 0.482 e. The van der Waals surface area contributed by atoms with Gasteiger partial charge in [0.25, 0.3) is 11.8 Å².